The van der Waals surface area contributed by atoms with Crippen LogP contribution in [0, 0.1) is 0 Å². The van der Waals surface area contributed by atoms with Crippen molar-refractivity contribution in [2.75, 3.05) is 6.54 Å². The zero-order chi connectivity index (χ0) is 21.2. The SMILES string of the molecule is C=C(CC)c1ccc2oc(-c3ccc(-c4ccc(C5=CNCC=C5)cc4)cc3)nc2c1. The molecule has 0 unspecified atom stereocenters. The molecular formula is C28H24N2O. The van der Waals surface area contributed by atoms with Gasteiger partial charge in [-0.15, -0.1) is 0 Å². The fraction of sp³-hybridized carbons (Fsp3) is 0.107. The van der Waals surface area contributed by atoms with E-state index in [0.29, 0.717) is 5.89 Å². The Morgan fingerprint density at radius 2 is 1.61 bits per heavy atom. The van der Waals surface area contributed by atoms with Crippen molar-refractivity contribution in [2.24, 2.45) is 0 Å². The summed E-state index contributed by atoms with van der Waals surface area (Å²) in [7, 11) is 0. The molecule has 1 aliphatic heterocycles. The van der Waals surface area contributed by atoms with E-state index in [-0.39, 0.29) is 0 Å². The van der Waals surface area contributed by atoms with Gasteiger partial charge in [0.25, 0.3) is 0 Å². The summed E-state index contributed by atoms with van der Waals surface area (Å²) < 4.78 is 5.99. The van der Waals surface area contributed by atoms with Gasteiger partial charge in [0, 0.05) is 18.3 Å². The Bertz CT molecular complexity index is 1310. The second-order valence-corrected chi connectivity index (χ2v) is 7.72. The molecule has 0 bridgehead atoms. The van der Waals surface area contributed by atoms with Crippen molar-refractivity contribution >= 4 is 22.2 Å². The third-order valence-electron chi connectivity index (χ3n) is 5.70. The minimum Gasteiger partial charge on any atom is -0.436 e. The molecule has 0 atom stereocenters. The molecule has 0 saturated heterocycles. The molecule has 3 aromatic carbocycles. The van der Waals surface area contributed by atoms with Gasteiger partial charge in [-0.2, -0.15) is 0 Å². The lowest BCUT2D eigenvalue weighted by molar-refractivity contribution is 0.620. The Balaban J connectivity index is 1.39. The molecule has 31 heavy (non-hydrogen) atoms. The normalized spacial score (nSPS) is 13.1. The molecule has 0 saturated carbocycles. The van der Waals surface area contributed by atoms with Crippen molar-refractivity contribution in [3.05, 3.63) is 103 Å². The predicted octanol–water partition coefficient (Wildman–Crippen LogP) is 7.09. The fourth-order valence-corrected chi connectivity index (χ4v) is 3.79. The van der Waals surface area contributed by atoms with Gasteiger partial charge in [-0.25, -0.2) is 4.98 Å². The first-order chi connectivity index (χ1) is 15.2. The van der Waals surface area contributed by atoms with Crippen LogP contribution >= 0.6 is 0 Å². The molecule has 0 amide bonds. The van der Waals surface area contributed by atoms with Crippen molar-refractivity contribution in [3.8, 4) is 22.6 Å². The van der Waals surface area contributed by atoms with Crippen LogP contribution in [0.5, 0.6) is 0 Å². The van der Waals surface area contributed by atoms with Gasteiger partial charge in [0.1, 0.15) is 5.52 Å². The highest BCUT2D eigenvalue weighted by Gasteiger charge is 2.10. The smallest absolute Gasteiger partial charge is 0.227 e. The van der Waals surface area contributed by atoms with Gasteiger partial charge in [0.2, 0.25) is 5.89 Å². The van der Waals surface area contributed by atoms with Crippen LogP contribution in [0.3, 0.4) is 0 Å². The number of hydrogen-bond donors (Lipinski definition) is 1. The van der Waals surface area contributed by atoms with Crippen LogP contribution in [-0.4, -0.2) is 11.5 Å². The highest BCUT2D eigenvalue weighted by Crippen LogP contribution is 2.29. The average Bonchev–Trinajstić information content (AvgIpc) is 3.28. The van der Waals surface area contributed by atoms with E-state index >= 15 is 0 Å². The molecule has 3 nitrogen and oxygen atoms in total. The number of rotatable bonds is 5. The van der Waals surface area contributed by atoms with Crippen LogP contribution < -0.4 is 5.32 Å². The Hall–Kier alpha value is -3.85. The molecule has 1 N–H and O–H groups in total. The molecule has 4 aromatic rings. The monoisotopic (exact) mass is 404 g/mol. The number of nitrogens with zero attached hydrogens (tertiary/aromatic N) is 1. The topological polar surface area (TPSA) is 38.1 Å². The van der Waals surface area contributed by atoms with Crippen molar-refractivity contribution in [3.63, 3.8) is 0 Å². The number of fused-ring (bicyclic) bond motifs is 1. The van der Waals surface area contributed by atoms with Gasteiger partial charge in [0.05, 0.1) is 0 Å². The first kappa shape index (κ1) is 19.1. The summed E-state index contributed by atoms with van der Waals surface area (Å²) >= 11 is 0. The van der Waals surface area contributed by atoms with Crippen LogP contribution in [-0.2, 0) is 0 Å². The van der Waals surface area contributed by atoms with Crippen molar-refractivity contribution in [2.45, 2.75) is 13.3 Å². The second-order valence-electron chi connectivity index (χ2n) is 7.72. The van der Waals surface area contributed by atoms with Gasteiger partial charge < -0.3 is 9.73 Å². The molecule has 2 heterocycles. The van der Waals surface area contributed by atoms with Crippen LogP contribution in [0.2, 0.25) is 0 Å². The van der Waals surface area contributed by atoms with Crippen molar-refractivity contribution < 1.29 is 4.42 Å². The maximum atomic E-state index is 5.99. The standard InChI is InChI=1S/C28H24N2O/c1-3-19(2)24-14-15-27-26(17-24)30-28(31-27)23-12-10-21(11-13-23)20-6-8-22(9-7-20)25-5-4-16-29-18-25/h4-15,17-18,29H,2-3,16H2,1H3. The van der Waals surface area contributed by atoms with Gasteiger partial charge >= 0.3 is 0 Å². The molecule has 0 fully saturated rings. The lowest BCUT2D eigenvalue weighted by Crippen LogP contribution is -2.08. The Morgan fingerprint density at radius 1 is 0.935 bits per heavy atom. The Kier molecular flexibility index (Phi) is 5.01. The third kappa shape index (κ3) is 3.82. The highest BCUT2D eigenvalue weighted by atomic mass is 16.3. The fourth-order valence-electron chi connectivity index (χ4n) is 3.79. The van der Waals surface area contributed by atoms with Crippen LogP contribution in [0.1, 0.15) is 24.5 Å². The molecule has 0 spiro atoms. The van der Waals surface area contributed by atoms with E-state index in [9.17, 15) is 0 Å². The third-order valence-corrected chi connectivity index (χ3v) is 5.70. The van der Waals surface area contributed by atoms with Gasteiger partial charge in [0.15, 0.2) is 5.58 Å². The minimum absolute atomic E-state index is 0.639. The summed E-state index contributed by atoms with van der Waals surface area (Å²) in [6, 6.07) is 23.1. The maximum Gasteiger partial charge on any atom is 0.227 e. The molecular weight excluding hydrogens is 380 g/mol. The maximum absolute atomic E-state index is 5.99. The highest BCUT2D eigenvalue weighted by molar-refractivity contribution is 5.81. The molecule has 1 aliphatic rings. The summed E-state index contributed by atoms with van der Waals surface area (Å²) in [6.07, 6.45) is 7.27. The predicted molar refractivity (Wildman–Crippen MR) is 129 cm³/mol. The molecule has 1 aromatic heterocycles. The van der Waals surface area contributed by atoms with E-state index in [4.69, 9.17) is 9.40 Å². The van der Waals surface area contributed by atoms with Crippen LogP contribution in [0.25, 0.3) is 44.8 Å². The summed E-state index contributed by atoms with van der Waals surface area (Å²) in [5.74, 6) is 0.639. The number of hydrogen-bond acceptors (Lipinski definition) is 3. The van der Waals surface area contributed by atoms with E-state index in [1.165, 1.54) is 22.3 Å². The second kappa shape index (κ2) is 8.11. The summed E-state index contributed by atoms with van der Waals surface area (Å²) in [5, 5.41) is 3.25. The first-order valence-corrected chi connectivity index (χ1v) is 10.6. The summed E-state index contributed by atoms with van der Waals surface area (Å²) in [5.41, 5.74) is 9.61. The number of oxazole rings is 1. The van der Waals surface area contributed by atoms with E-state index in [2.05, 4.69) is 91.8 Å². The number of benzene rings is 3. The van der Waals surface area contributed by atoms with Crippen LogP contribution in [0.4, 0.5) is 0 Å². The van der Waals surface area contributed by atoms with Crippen LogP contribution in [0.15, 0.2) is 96.1 Å². The molecule has 152 valence electrons. The lowest BCUT2D eigenvalue weighted by Gasteiger charge is -2.10. The Labute approximate surface area is 182 Å². The minimum atomic E-state index is 0.639. The van der Waals surface area contributed by atoms with E-state index in [1.807, 2.05) is 12.1 Å². The number of nitrogens with one attached hydrogen (secondary N) is 1. The van der Waals surface area contributed by atoms with Gasteiger partial charge in [-0.05, 0) is 64.1 Å². The number of aromatic nitrogens is 1. The number of dihydropyridines is 1. The van der Waals surface area contributed by atoms with Crippen molar-refractivity contribution in [1.29, 1.82) is 0 Å². The quantitative estimate of drug-likeness (QED) is 0.386. The summed E-state index contributed by atoms with van der Waals surface area (Å²) in [4.78, 5) is 4.70. The first-order valence-electron chi connectivity index (χ1n) is 10.6. The van der Waals surface area contributed by atoms with E-state index < -0.39 is 0 Å². The average molecular weight is 405 g/mol. The van der Waals surface area contributed by atoms with Crippen molar-refractivity contribution in [1.82, 2.24) is 10.3 Å². The molecule has 0 aliphatic carbocycles. The molecule has 5 rings (SSSR count). The summed E-state index contributed by atoms with van der Waals surface area (Å²) in [6.45, 7) is 7.12. The molecule has 3 heteroatoms. The lowest BCUT2D eigenvalue weighted by atomic mass is 9.99. The van der Waals surface area contributed by atoms with E-state index in [1.54, 1.807) is 0 Å². The number of allylic oxidation sites excluding steroid dienone is 3. The molecule has 0 radical (unpaired) electrons. The zero-order valence-electron chi connectivity index (χ0n) is 17.6. The zero-order valence-corrected chi connectivity index (χ0v) is 17.6. The van der Waals surface area contributed by atoms with Gasteiger partial charge in [-0.1, -0.05) is 68.1 Å². The van der Waals surface area contributed by atoms with Gasteiger partial charge in [-0.3, -0.25) is 0 Å². The largest absolute Gasteiger partial charge is 0.436 e. The van der Waals surface area contributed by atoms with E-state index in [0.717, 1.165) is 40.8 Å². The Morgan fingerprint density at radius 3 is 2.26 bits per heavy atom.